The molecule has 2 aromatic heterocycles. The Hall–Kier alpha value is -2.93. The first kappa shape index (κ1) is 15.0. The van der Waals surface area contributed by atoms with E-state index >= 15 is 0 Å². The molecule has 7 nitrogen and oxygen atoms in total. The van der Waals surface area contributed by atoms with Gasteiger partial charge in [0.1, 0.15) is 11.1 Å². The molecule has 118 valence electrons. The minimum Gasteiger partial charge on any atom is -0.478 e. The zero-order valence-corrected chi connectivity index (χ0v) is 12.5. The van der Waals surface area contributed by atoms with Gasteiger partial charge in [0.2, 0.25) is 11.1 Å². The summed E-state index contributed by atoms with van der Waals surface area (Å²) in [5, 5.41) is 18.6. The van der Waals surface area contributed by atoms with Crippen molar-refractivity contribution in [3.05, 3.63) is 45.6 Å². The standard InChI is InChI=1S/C16H14N2O5/c1-7(2)8-3-4-12-9(5-8)13(19)10-6-11(16(20)21)14(18-22)17-15(10)23-12/h3-7,22H,1-2H3,(H,17,18)(H,20,21). The average molecular weight is 314 g/mol. The van der Waals surface area contributed by atoms with Crippen LogP contribution in [0, 0.1) is 0 Å². The van der Waals surface area contributed by atoms with Gasteiger partial charge < -0.3 is 9.52 Å². The molecule has 0 aliphatic rings. The molecule has 0 saturated heterocycles. The summed E-state index contributed by atoms with van der Waals surface area (Å²) >= 11 is 0. The number of nitrogens with zero attached hydrogens (tertiary/aromatic N) is 1. The van der Waals surface area contributed by atoms with Gasteiger partial charge in [0.25, 0.3) is 0 Å². The molecule has 0 aliphatic heterocycles. The Morgan fingerprint density at radius 1 is 1.26 bits per heavy atom. The lowest BCUT2D eigenvalue weighted by atomic mass is 10.0. The van der Waals surface area contributed by atoms with Crippen LogP contribution in [0.3, 0.4) is 0 Å². The van der Waals surface area contributed by atoms with E-state index in [1.54, 1.807) is 17.6 Å². The van der Waals surface area contributed by atoms with E-state index in [-0.39, 0.29) is 33.8 Å². The number of benzene rings is 1. The van der Waals surface area contributed by atoms with E-state index in [9.17, 15) is 9.59 Å². The van der Waals surface area contributed by atoms with Crippen LogP contribution in [-0.4, -0.2) is 21.3 Å². The van der Waals surface area contributed by atoms with Crippen LogP contribution in [0.5, 0.6) is 0 Å². The lowest BCUT2D eigenvalue weighted by Gasteiger charge is -2.08. The molecule has 3 aromatic rings. The highest BCUT2D eigenvalue weighted by Gasteiger charge is 2.17. The Bertz CT molecular complexity index is 991. The van der Waals surface area contributed by atoms with Crippen molar-refractivity contribution >= 4 is 33.9 Å². The number of aromatic carboxylic acids is 1. The van der Waals surface area contributed by atoms with Crippen molar-refractivity contribution in [1.82, 2.24) is 4.98 Å². The molecular formula is C16H14N2O5. The number of hydrogen-bond donors (Lipinski definition) is 3. The Labute approximate surface area is 130 Å². The summed E-state index contributed by atoms with van der Waals surface area (Å²) in [6.07, 6.45) is 0. The number of fused-ring (bicyclic) bond motifs is 2. The van der Waals surface area contributed by atoms with Crippen LogP contribution >= 0.6 is 0 Å². The van der Waals surface area contributed by atoms with E-state index in [1.807, 2.05) is 19.9 Å². The molecule has 2 heterocycles. The second-order valence-corrected chi connectivity index (χ2v) is 5.50. The van der Waals surface area contributed by atoms with Crippen LogP contribution in [-0.2, 0) is 0 Å². The third-order valence-corrected chi connectivity index (χ3v) is 3.69. The Kier molecular flexibility index (Phi) is 3.49. The molecule has 23 heavy (non-hydrogen) atoms. The number of carboxylic acid groups (broad SMARTS) is 1. The zero-order valence-electron chi connectivity index (χ0n) is 12.5. The molecule has 0 unspecified atom stereocenters. The van der Waals surface area contributed by atoms with Crippen molar-refractivity contribution in [2.24, 2.45) is 0 Å². The SMILES string of the molecule is CC(C)c1ccc2oc3nc(NO)c(C(=O)O)cc3c(=O)c2c1. The molecule has 0 radical (unpaired) electrons. The van der Waals surface area contributed by atoms with Gasteiger partial charge in [-0.3, -0.25) is 15.5 Å². The van der Waals surface area contributed by atoms with Gasteiger partial charge in [0.15, 0.2) is 5.82 Å². The molecular weight excluding hydrogens is 300 g/mol. The molecule has 3 N–H and O–H groups in total. The summed E-state index contributed by atoms with van der Waals surface area (Å²) in [6.45, 7) is 4.01. The van der Waals surface area contributed by atoms with Crippen LogP contribution in [0.2, 0.25) is 0 Å². The number of hydrogen-bond acceptors (Lipinski definition) is 6. The van der Waals surface area contributed by atoms with Gasteiger partial charge in [-0.2, -0.15) is 4.98 Å². The van der Waals surface area contributed by atoms with Gasteiger partial charge in [0.05, 0.1) is 10.8 Å². The fourth-order valence-electron chi connectivity index (χ4n) is 2.41. The number of anilines is 1. The van der Waals surface area contributed by atoms with E-state index in [0.717, 1.165) is 11.6 Å². The topological polar surface area (TPSA) is 113 Å². The van der Waals surface area contributed by atoms with Gasteiger partial charge in [0, 0.05) is 0 Å². The van der Waals surface area contributed by atoms with Crippen LogP contribution < -0.4 is 10.9 Å². The number of nitrogens with one attached hydrogen (secondary N) is 1. The van der Waals surface area contributed by atoms with Crippen molar-refractivity contribution < 1.29 is 19.5 Å². The van der Waals surface area contributed by atoms with Gasteiger partial charge in [-0.25, -0.2) is 4.79 Å². The van der Waals surface area contributed by atoms with Crippen molar-refractivity contribution in [2.45, 2.75) is 19.8 Å². The van der Waals surface area contributed by atoms with Gasteiger partial charge in [-0.15, -0.1) is 0 Å². The molecule has 0 bridgehead atoms. The van der Waals surface area contributed by atoms with Crippen molar-refractivity contribution in [2.75, 3.05) is 5.48 Å². The van der Waals surface area contributed by atoms with Crippen LogP contribution in [0.1, 0.15) is 35.7 Å². The largest absolute Gasteiger partial charge is 0.478 e. The number of aromatic nitrogens is 1. The monoisotopic (exact) mass is 314 g/mol. The third kappa shape index (κ3) is 2.40. The van der Waals surface area contributed by atoms with E-state index in [2.05, 4.69) is 4.98 Å². The molecule has 7 heteroatoms. The first-order valence-electron chi connectivity index (χ1n) is 6.97. The molecule has 0 aliphatic carbocycles. The number of carboxylic acids is 1. The predicted molar refractivity (Wildman–Crippen MR) is 84.2 cm³/mol. The molecule has 0 atom stereocenters. The Morgan fingerprint density at radius 2 is 2.00 bits per heavy atom. The molecule has 0 saturated carbocycles. The summed E-state index contributed by atoms with van der Waals surface area (Å²) < 4.78 is 5.58. The van der Waals surface area contributed by atoms with E-state index in [0.29, 0.717) is 11.0 Å². The number of carbonyl (C=O) groups is 1. The summed E-state index contributed by atoms with van der Waals surface area (Å²) in [7, 11) is 0. The van der Waals surface area contributed by atoms with E-state index in [1.165, 1.54) is 0 Å². The Morgan fingerprint density at radius 3 is 2.61 bits per heavy atom. The minimum absolute atomic E-state index is 0.0404. The zero-order chi connectivity index (χ0) is 16.7. The second-order valence-electron chi connectivity index (χ2n) is 5.50. The highest BCUT2D eigenvalue weighted by atomic mass is 16.5. The summed E-state index contributed by atoms with van der Waals surface area (Å²) in [5.41, 5.74) is 2.32. The molecule has 0 fully saturated rings. The maximum Gasteiger partial charge on any atom is 0.339 e. The summed E-state index contributed by atoms with van der Waals surface area (Å²) in [4.78, 5) is 27.8. The number of pyridine rings is 1. The van der Waals surface area contributed by atoms with Crippen LogP contribution in [0.15, 0.2) is 33.5 Å². The van der Waals surface area contributed by atoms with Gasteiger partial charge in [-0.05, 0) is 29.7 Å². The molecule has 3 rings (SSSR count). The first-order chi connectivity index (χ1) is 10.9. The fourth-order valence-corrected chi connectivity index (χ4v) is 2.41. The van der Waals surface area contributed by atoms with Gasteiger partial charge >= 0.3 is 5.97 Å². The van der Waals surface area contributed by atoms with Crippen molar-refractivity contribution in [3.8, 4) is 0 Å². The fraction of sp³-hybridized carbons (Fsp3) is 0.188. The van der Waals surface area contributed by atoms with Crippen LogP contribution in [0.4, 0.5) is 5.82 Å². The maximum atomic E-state index is 12.7. The predicted octanol–water partition coefficient (Wildman–Crippen LogP) is 2.96. The average Bonchev–Trinajstić information content (AvgIpc) is 2.53. The Balaban J connectivity index is 2.41. The summed E-state index contributed by atoms with van der Waals surface area (Å²) in [6, 6.07) is 6.43. The van der Waals surface area contributed by atoms with Crippen molar-refractivity contribution in [3.63, 3.8) is 0 Å². The van der Waals surface area contributed by atoms with Crippen molar-refractivity contribution in [1.29, 1.82) is 0 Å². The lowest BCUT2D eigenvalue weighted by molar-refractivity contribution is 0.0697. The lowest BCUT2D eigenvalue weighted by Crippen LogP contribution is -2.10. The molecule has 0 spiro atoms. The third-order valence-electron chi connectivity index (χ3n) is 3.69. The van der Waals surface area contributed by atoms with E-state index in [4.69, 9.17) is 14.7 Å². The van der Waals surface area contributed by atoms with E-state index < -0.39 is 5.97 Å². The smallest absolute Gasteiger partial charge is 0.339 e. The highest BCUT2D eigenvalue weighted by molar-refractivity contribution is 5.98. The van der Waals surface area contributed by atoms with Crippen LogP contribution in [0.25, 0.3) is 22.1 Å². The molecule has 0 amide bonds. The minimum atomic E-state index is -1.31. The first-order valence-corrected chi connectivity index (χ1v) is 6.97. The molecule has 1 aromatic carbocycles. The normalized spacial score (nSPS) is 11.3. The maximum absolute atomic E-state index is 12.7. The highest BCUT2D eigenvalue weighted by Crippen LogP contribution is 2.24. The van der Waals surface area contributed by atoms with Gasteiger partial charge in [-0.1, -0.05) is 19.9 Å². The summed E-state index contributed by atoms with van der Waals surface area (Å²) in [5.74, 6) is -1.36. The second kappa shape index (κ2) is 5.36. The number of rotatable bonds is 3. The quantitative estimate of drug-likeness (QED) is 0.503.